The first-order valence-electron chi connectivity index (χ1n) is 2.41. The Kier molecular flexibility index (Phi) is 3.32. The molecule has 0 saturated carbocycles. The third-order valence-electron chi connectivity index (χ3n) is 0.772. The van der Waals surface area contributed by atoms with Crippen LogP contribution >= 0.6 is 0 Å². The van der Waals surface area contributed by atoms with Crippen LogP contribution in [0.1, 0.15) is 6.92 Å². The Hall–Kier alpha value is -1.19. The van der Waals surface area contributed by atoms with Gasteiger partial charge in [0.2, 0.25) is 0 Å². The molecule has 0 rings (SSSR count). The standard InChI is InChI=1S/C6H6F2O2/c1-4(7)6(8)5(2)10-3-9/h3H,1H2,2H3/b6-5-. The lowest BCUT2D eigenvalue weighted by molar-refractivity contribution is -0.125. The van der Waals surface area contributed by atoms with Gasteiger partial charge in [0.05, 0.1) is 0 Å². The van der Waals surface area contributed by atoms with Gasteiger partial charge >= 0.3 is 0 Å². The van der Waals surface area contributed by atoms with Gasteiger partial charge in [0.25, 0.3) is 6.47 Å². The molecule has 2 nitrogen and oxygen atoms in total. The number of halogens is 2. The molecule has 0 aliphatic rings. The first-order valence-corrected chi connectivity index (χ1v) is 2.41. The van der Waals surface area contributed by atoms with Gasteiger partial charge in [0.1, 0.15) is 5.76 Å². The Morgan fingerprint density at radius 1 is 1.60 bits per heavy atom. The third-order valence-corrected chi connectivity index (χ3v) is 0.772. The molecule has 10 heavy (non-hydrogen) atoms. The van der Waals surface area contributed by atoms with Crippen molar-refractivity contribution in [3.63, 3.8) is 0 Å². The van der Waals surface area contributed by atoms with E-state index in [4.69, 9.17) is 0 Å². The summed E-state index contributed by atoms with van der Waals surface area (Å²) in [5, 5.41) is 0. The number of hydrogen-bond donors (Lipinski definition) is 0. The van der Waals surface area contributed by atoms with Gasteiger partial charge in [-0.25, -0.2) is 8.78 Å². The normalized spacial score (nSPS) is 11.9. The maximum atomic E-state index is 12.2. The van der Waals surface area contributed by atoms with Crippen molar-refractivity contribution in [2.24, 2.45) is 0 Å². The highest BCUT2D eigenvalue weighted by Crippen LogP contribution is 2.15. The van der Waals surface area contributed by atoms with Crippen molar-refractivity contribution < 1.29 is 18.3 Å². The second-order valence-electron chi connectivity index (χ2n) is 1.49. The Morgan fingerprint density at radius 2 is 2.10 bits per heavy atom. The highest BCUT2D eigenvalue weighted by Gasteiger charge is 2.05. The van der Waals surface area contributed by atoms with E-state index in [0.717, 1.165) is 6.92 Å². The minimum atomic E-state index is -1.25. The van der Waals surface area contributed by atoms with E-state index in [-0.39, 0.29) is 6.47 Å². The summed E-state index contributed by atoms with van der Waals surface area (Å²) < 4.78 is 28.1. The smallest absolute Gasteiger partial charge is 0.298 e. The Bertz CT molecular complexity index is 184. The lowest BCUT2D eigenvalue weighted by Gasteiger charge is -1.96. The average Bonchev–Trinajstić information content (AvgIpc) is 1.87. The quantitative estimate of drug-likeness (QED) is 0.347. The van der Waals surface area contributed by atoms with Gasteiger partial charge in [-0.15, -0.1) is 0 Å². The minimum absolute atomic E-state index is 0.0118. The zero-order chi connectivity index (χ0) is 8.15. The van der Waals surface area contributed by atoms with Crippen molar-refractivity contribution in [1.82, 2.24) is 0 Å². The van der Waals surface area contributed by atoms with E-state index in [9.17, 15) is 13.6 Å². The SMILES string of the molecule is C=C(F)/C(F)=C(\C)OC=O. The van der Waals surface area contributed by atoms with Crippen molar-refractivity contribution in [2.45, 2.75) is 6.92 Å². The molecule has 0 aromatic rings. The van der Waals surface area contributed by atoms with Crippen LogP contribution < -0.4 is 0 Å². The van der Waals surface area contributed by atoms with E-state index in [1.807, 2.05) is 0 Å². The molecule has 0 saturated heterocycles. The number of carbonyl (C=O) groups excluding carboxylic acids is 1. The second kappa shape index (κ2) is 3.76. The Balaban J connectivity index is 4.33. The summed E-state index contributed by atoms with van der Waals surface area (Å²) in [5.74, 6) is -2.92. The van der Waals surface area contributed by atoms with Crippen molar-refractivity contribution in [1.29, 1.82) is 0 Å². The summed E-state index contributed by atoms with van der Waals surface area (Å²) in [5.41, 5.74) is 0. The highest BCUT2D eigenvalue weighted by atomic mass is 19.2. The largest absolute Gasteiger partial charge is 0.430 e. The van der Waals surface area contributed by atoms with Crippen molar-refractivity contribution in [2.75, 3.05) is 0 Å². The number of allylic oxidation sites excluding steroid dienone is 3. The molecular formula is C6H6F2O2. The van der Waals surface area contributed by atoms with Crippen molar-refractivity contribution >= 4 is 6.47 Å². The lowest BCUT2D eigenvalue weighted by atomic mass is 10.4. The Labute approximate surface area is 56.8 Å². The topological polar surface area (TPSA) is 26.3 Å². The van der Waals surface area contributed by atoms with Crippen LogP contribution in [0, 0.1) is 0 Å². The van der Waals surface area contributed by atoms with E-state index < -0.39 is 17.4 Å². The summed E-state index contributed by atoms with van der Waals surface area (Å²) in [4.78, 5) is 9.57. The molecule has 56 valence electrons. The summed E-state index contributed by atoms with van der Waals surface area (Å²) >= 11 is 0. The lowest BCUT2D eigenvalue weighted by Crippen LogP contribution is -1.88. The van der Waals surface area contributed by atoms with E-state index in [2.05, 4.69) is 11.3 Å². The van der Waals surface area contributed by atoms with Crippen LogP contribution in [0.15, 0.2) is 24.0 Å². The number of rotatable bonds is 3. The summed E-state index contributed by atoms with van der Waals surface area (Å²) in [6, 6.07) is 0. The van der Waals surface area contributed by atoms with Gasteiger partial charge in [-0.05, 0) is 6.92 Å². The monoisotopic (exact) mass is 148 g/mol. The van der Waals surface area contributed by atoms with Crippen LogP contribution in [0.5, 0.6) is 0 Å². The fraction of sp³-hybridized carbons (Fsp3) is 0.167. The molecule has 0 radical (unpaired) electrons. The van der Waals surface area contributed by atoms with Crippen molar-refractivity contribution in [3.05, 3.63) is 24.0 Å². The molecule has 0 N–H and O–H groups in total. The molecule has 0 unspecified atom stereocenters. The van der Waals surface area contributed by atoms with Gasteiger partial charge in [0, 0.05) is 0 Å². The second-order valence-corrected chi connectivity index (χ2v) is 1.49. The molecule has 0 heterocycles. The molecule has 0 spiro atoms. The third kappa shape index (κ3) is 2.39. The zero-order valence-electron chi connectivity index (χ0n) is 5.36. The molecular weight excluding hydrogens is 142 g/mol. The van der Waals surface area contributed by atoms with Crippen LogP contribution in [0.4, 0.5) is 8.78 Å². The Morgan fingerprint density at radius 3 is 2.40 bits per heavy atom. The van der Waals surface area contributed by atoms with Crippen molar-refractivity contribution in [3.8, 4) is 0 Å². The fourth-order valence-corrected chi connectivity index (χ4v) is 0.315. The zero-order valence-corrected chi connectivity index (χ0v) is 5.36. The predicted octanol–water partition coefficient (Wildman–Crippen LogP) is 1.84. The molecule has 0 fully saturated rings. The first kappa shape index (κ1) is 8.81. The van der Waals surface area contributed by atoms with Crippen LogP contribution in [-0.2, 0) is 9.53 Å². The van der Waals surface area contributed by atoms with E-state index >= 15 is 0 Å². The molecule has 0 amide bonds. The summed E-state index contributed by atoms with van der Waals surface area (Å²) in [6.45, 7) is 3.79. The first-order chi connectivity index (χ1) is 4.59. The summed E-state index contributed by atoms with van der Waals surface area (Å²) in [6.07, 6.45) is 0. The number of hydrogen-bond acceptors (Lipinski definition) is 2. The van der Waals surface area contributed by atoms with Gasteiger partial charge in [-0.1, -0.05) is 6.58 Å². The van der Waals surface area contributed by atoms with Gasteiger partial charge in [0.15, 0.2) is 11.7 Å². The highest BCUT2D eigenvalue weighted by molar-refractivity contribution is 5.40. The van der Waals surface area contributed by atoms with Crippen LogP contribution in [0.2, 0.25) is 0 Å². The van der Waals surface area contributed by atoms with Gasteiger partial charge < -0.3 is 4.74 Å². The van der Waals surface area contributed by atoms with Gasteiger partial charge in [-0.2, -0.15) is 0 Å². The number of carbonyl (C=O) groups is 1. The van der Waals surface area contributed by atoms with E-state index in [1.54, 1.807) is 0 Å². The van der Waals surface area contributed by atoms with E-state index in [0.29, 0.717) is 0 Å². The molecule has 0 aromatic carbocycles. The van der Waals surface area contributed by atoms with Crippen LogP contribution in [0.3, 0.4) is 0 Å². The predicted molar refractivity (Wildman–Crippen MR) is 31.2 cm³/mol. The van der Waals surface area contributed by atoms with E-state index in [1.165, 1.54) is 0 Å². The van der Waals surface area contributed by atoms with Gasteiger partial charge in [-0.3, -0.25) is 4.79 Å². The molecule has 0 aromatic heterocycles. The summed E-state index contributed by atoms with van der Waals surface area (Å²) in [7, 11) is 0. The molecule has 0 aliphatic heterocycles. The number of ether oxygens (including phenoxy) is 1. The molecule has 0 aliphatic carbocycles. The maximum Gasteiger partial charge on any atom is 0.298 e. The maximum absolute atomic E-state index is 12.2. The molecule has 0 atom stereocenters. The molecule has 0 bridgehead atoms. The van der Waals surface area contributed by atoms with Crippen LogP contribution in [-0.4, -0.2) is 6.47 Å². The minimum Gasteiger partial charge on any atom is -0.430 e. The average molecular weight is 148 g/mol. The fourth-order valence-electron chi connectivity index (χ4n) is 0.315. The van der Waals surface area contributed by atoms with Crippen LogP contribution in [0.25, 0.3) is 0 Å². The molecule has 4 heteroatoms.